The van der Waals surface area contributed by atoms with E-state index in [2.05, 4.69) is 12.2 Å². The molecule has 19 heavy (non-hydrogen) atoms. The minimum Gasteiger partial charge on any atom is -0.493 e. The highest BCUT2D eigenvalue weighted by molar-refractivity contribution is 5.21. The Balaban J connectivity index is 1.58. The molecule has 0 radical (unpaired) electrons. The van der Waals surface area contributed by atoms with Gasteiger partial charge in [-0.1, -0.05) is 6.92 Å². The molecule has 1 saturated heterocycles. The Morgan fingerprint density at radius 2 is 2.21 bits per heavy atom. The van der Waals surface area contributed by atoms with Gasteiger partial charge in [0, 0.05) is 12.5 Å². The third-order valence-corrected chi connectivity index (χ3v) is 3.37. The van der Waals surface area contributed by atoms with Crippen LogP contribution in [0.4, 0.5) is 4.39 Å². The molecule has 106 valence electrons. The molecule has 2 atom stereocenters. The summed E-state index contributed by atoms with van der Waals surface area (Å²) in [6.45, 7) is 5.81. The predicted octanol–water partition coefficient (Wildman–Crippen LogP) is 1.58. The van der Waals surface area contributed by atoms with Crippen LogP contribution in [0.2, 0.25) is 0 Å². The van der Waals surface area contributed by atoms with Crippen LogP contribution in [0.25, 0.3) is 0 Å². The lowest BCUT2D eigenvalue weighted by Crippen LogP contribution is -2.87. The molecule has 4 heteroatoms. The van der Waals surface area contributed by atoms with E-state index in [1.807, 2.05) is 0 Å². The number of rotatable bonds is 7. The van der Waals surface area contributed by atoms with Crippen molar-refractivity contribution in [2.45, 2.75) is 25.9 Å². The number of hydrogen-bond acceptors (Lipinski definition) is 2. The first-order valence-electron chi connectivity index (χ1n) is 7.05. The second-order valence-electron chi connectivity index (χ2n) is 5.27. The Bertz CT molecular complexity index is 363. The molecule has 0 unspecified atom stereocenters. The van der Waals surface area contributed by atoms with Crippen LogP contribution in [0.1, 0.15) is 19.8 Å². The summed E-state index contributed by atoms with van der Waals surface area (Å²) in [5, 5.41) is 2.30. The number of ether oxygens (including phenoxy) is 2. The maximum Gasteiger partial charge on any atom is 0.123 e. The lowest BCUT2D eigenvalue weighted by molar-refractivity contribution is -0.665. The van der Waals surface area contributed by atoms with Crippen LogP contribution in [0.5, 0.6) is 5.75 Å². The van der Waals surface area contributed by atoms with Gasteiger partial charge < -0.3 is 14.8 Å². The Morgan fingerprint density at radius 3 is 2.89 bits per heavy atom. The van der Waals surface area contributed by atoms with Crippen molar-refractivity contribution in [2.24, 2.45) is 5.92 Å². The first-order chi connectivity index (χ1) is 9.24. The van der Waals surface area contributed by atoms with Gasteiger partial charge in [0.15, 0.2) is 0 Å². The van der Waals surface area contributed by atoms with Gasteiger partial charge >= 0.3 is 0 Å². The van der Waals surface area contributed by atoms with E-state index in [0.717, 1.165) is 25.4 Å². The van der Waals surface area contributed by atoms with Crippen molar-refractivity contribution in [1.82, 2.24) is 0 Å². The number of quaternary nitrogens is 1. The fraction of sp³-hybridized carbons (Fsp3) is 0.600. The molecule has 1 aliphatic heterocycles. The van der Waals surface area contributed by atoms with E-state index in [-0.39, 0.29) is 5.82 Å². The summed E-state index contributed by atoms with van der Waals surface area (Å²) in [6.07, 6.45) is 2.82. The van der Waals surface area contributed by atoms with Crippen LogP contribution in [0, 0.1) is 11.7 Å². The summed E-state index contributed by atoms with van der Waals surface area (Å²) < 4.78 is 23.9. The van der Waals surface area contributed by atoms with Gasteiger partial charge in [-0.15, -0.1) is 0 Å². The van der Waals surface area contributed by atoms with Gasteiger partial charge in [-0.3, -0.25) is 0 Å². The van der Waals surface area contributed by atoms with E-state index < -0.39 is 0 Å². The largest absolute Gasteiger partial charge is 0.493 e. The molecule has 0 aromatic heterocycles. The van der Waals surface area contributed by atoms with Crippen LogP contribution < -0.4 is 10.1 Å². The summed E-state index contributed by atoms with van der Waals surface area (Å²) in [5.74, 6) is 0.962. The Labute approximate surface area is 114 Å². The minimum absolute atomic E-state index is 0.231. The van der Waals surface area contributed by atoms with Crippen molar-refractivity contribution >= 4 is 0 Å². The highest BCUT2D eigenvalue weighted by Gasteiger charge is 2.17. The normalized spacial score (nSPS) is 20.4. The standard InChI is InChI=1S/C15H22FNO2/c1-12(9-17-10-15-3-2-8-18-15)11-19-14-6-4-13(16)5-7-14/h4-7,12,15,17H,2-3,8-11H2,1H3/p+1/t12-,15-/m1/s1. The van der Waals surface area contributed by atoms with Crippen LogP contribution >= 0.6 is 0 Å². The Morgan fingerprint density at radius 1 is 1.42 bits per heavy atom. The zero-order chi connectivity index (χ0) is 13.5. The molecule has 1 aliphatic rings. The molecule has 2 rings (SSSR count). The van der Waals surface area contributed by atoms with Crippen molar-refractivity contribution in [1.29, 1.82) is 0 Å². The maximum absolute atomic E-state index is 12.7. The third kappa shape index (κ3) is 5.17. The zero-order valence-electron chi connectivity index (χ0n) is 11.5. The van der Waals surface area contributed by atoms with Crippen LogP contribution in [0.3, 0.4) is 0 Å². The fourth-order valence-electron chi connectivity index (χ4n) is 2.23. The molecule has 0 spiro atoms. The number of halogens is 1. The third-order valence-electron chi connectivity index (χ3n) is 3.37. The lowest BCUT2D eigenvalue weighted by atomic mass is 10.2. The minimum atomic E-state index is -0.231. The molecule has 0 amide bonds. The quantitative estimate of drug-likeness (QED) is 0.815. The molecule has 3 nitrogen and oxygen atoms in total. The van der Waals surface area contributed by atoms with E-state index in [9.17, 15) is 4.39 Å². The van der Waals surface area contributed by atoms with Gasteiger partial charge in [0.25, 0.3) is 0 Å². The van der Waals surface area contributed by atoms with Gasteiger partial charge in [0.1, 0.15) is 24.2 Å². The highest BCUT2D eigenvalue weighted by atomic mass is 19.1. The van der Waals surface area contributed by atoms with E-state index in [1.165, 1.54) is 25.0 Å². The van der Waals surface area contributed by atoms with Crippen LogP contribution in [0.15, 0.2) is 24.3 Å². The maximum atomic E-state index is 12.7. The Hall–Kier alpha value is -1.13. The van der Waals surface area contributed by atoms with Crippen LogP contribution in [-0.2, 0) is 4.74 Å². The molecule has 1 aromatic carbocycles. The molecule has 1 fully saturated rings. The van der Waals surface area contributed by atoms with Crippen molar-refractivity contribution in [3.8, 4) is 5.75 Å². The lowest BCUT2D eigenvalue weighted by Gasteiger charge is -2.13. The summed E-state index contributed by atoms with van der Waals surface area (Å²) in [7, 11) is 0. The molecule has 0 bridgehead atoms. The molecule has 2 N–H and O–H groups in total. The van der Waals surface area contributed by atoms with Crippen molar-refractivity contribution in [3.63, 3.8) is 0 Å². The van der Waals surface area contributed by atoms with Crippen molar-refractivity contribution in [2.75, 3.05) is 26.3 Å². The molecular weight excluding hydrogens is 245 g/mol. The van der Waals surface area contributed by atoms with Crippen LogP contribution in [-0.4, -0.2) is 32.4 Å². The number of hydrogen-bond donors (Lipinski definition) is 1. The molecular formula is C15H23FNO2+. The van der Waals surface area contributed by atoms with E-state index in [0.29, 0.717) is 18.6 Å². The molecule has 0 aliphatic carbocycles. The average Bonchev–Trinajstić information content (AvgIpc) is 2.91. The summed E-state index contributed by atoms with van der Waals surface area (Å²) in [4.78, 5) is 0. The topological polar surface area (TPSA) is 35.1 Å². The van der Waals surface area contributed by atoms with E-state index >= 15 is 0 Å². The smallest absolute Gasteiger partial charge is 0.123 e. The van der Waals surface area contributed by atoms with Crippen molar-refractivity contribution < 1.29 is 19.2 Å². The summed E-state index contributed by atoms with van der Waals surface area (Å²) in [5.41, 5.74) is 0. The molecule has 0 saturated carbocycles. The second-order valence-corrected chi connectivity index (χ2v) is 5.27. The van der Waals surface area contributed by atoms with Gasteiger partial charge in [-0.25, -0.2) is 4.39 Å². The molecule has 1 aromatic rings. The van der Waals surface area contributed by atoms with Crippen molar-refractivity contribution in [3.05, 3.63) is 30.1 Å². The number of benzene rings is 1. The van der Waals surface area contributed by atoms with E-state index in [1.54, 1.807) is 12.1 Å². The van der Waals surface area contributed by atoms with E-state index in [4.69, 9.17) is 9.47 Å². The summed E-state index contributed by atoms with van der Waals surface area (Å²) in [6, 6.07) is 6.17. The second kappa shape index (κ2) is 7.46. The number of nitrogens with two attached hydrogens (primary N) is 1. The zero-order valence-corrected chi connectivity index (χ0v) is 11.5. The first-order valence-corrected chi connectivity index (χ1v) is 7.05. The summed E-state index contributed by atoms with van der Waals surface area (Å²) >= 11 is 0. The van der Waals surface area contributed by atoms with Gasteiger partial charge in [0.05, 0.1) is 13.2 Å². The monoisotopic (exact) mass is 268 g/mol. The van der Waals surface area contributed by atoms with Gasteiger partial charge in [-0.05, 0) is 37.1 Å². The van der Waals surface area contributed by atoms with Gasteiger partial charge in [0.2, 0.25) is 0 Å². The molecule has 1 heterocycles. The predicted molar refractivity (Wildman–Crippen MR) is 71.7 cm³/mol. The average molecular weight is 268 g/mol. The first kappa shape index (κ1) is 14.3. The Kier molecular flexibility index (Phi) is 5.61. The van der Waals surface area contributed by atoms with Gasteiger partial charge in [-0.2, -0.15) is 0 Å². The highest BCUT2D eigenvalue weighted by Crippen LogP contribution is 2.12. The SMILES string of the molecule is C[C@H](C[NH2+]C[C@H]1CCCO1)COc1ccc(F)cc1. The fourth-order valence-corrected chi connectivity index (χ4v) is 2.23.